The molecule has 0 unspecified atom stereocenters. The molecule has 0 aliphatic carbocycles. The lowest BCUT2D eigenvalue weighted by Gasteiger charge is -2.33. The normalized spacial score (nSPS) is 18.2. The Bertz CT molecular complexity index is 837. The molecule has 2 aromatic rings. The van der Waals surface area contributed by atoms with E-state index in [0.29, 0.717) is 6.04 Å². The number of nitrogens with one attached hydrogen (secondary N) is 2. The van der Waals surface area contributed by atoms with E-state index >= 15 is 0 Å². The predicted molar refractivity (Wildman–Crippen MR) is 130 cm³/mol. The van der Waals surface area contributed by atoms with Crippen LogP contribution in [0.4, 0.5) is 0 Å². The highest BCUT2D eigenvalue weighted by Crippen LogP contribution is 2.16. The maximum atomic E-state index is 4.85. The van der Waals surface area contributed by atoms with Crippen LogP contribution in [0.5, 0.6) is 0 Å². The molecule has 0 amide bonds. The molecular weight excluding hydrogens is 398 g/mol. The van der Waals surface area contributed by atoms with Gasteiger partial charge in [0, 0.05) is 58.2 Å². The van der Waals surface area contributed by atoms with E-state index in [-0.39, 0.29) is 0 Å². The quantitative estimate of drug-likeness (QED) is 0.377. The third-order valence-corrected chi connectivity index (χ3v) is 6.54. The fourth-order valence-corrected chi connectivity index (χ4v) is 4.75. The summed E-state index contributed by atoms with van der Waals surface area (Å²) in [5.41, 5.74) is 1.40. The lowest BCUT2D eigenvalue weighted by Crippen LogP contribution is -2.48. The molecule has 2 aliphatic rings. The van der Waals surface area contributed by atoms with Gasteiger partial charge in [-0.3, -0.25) is 9.89 Å². The Balaban J connectivity index is 1.21. The van der Waals surface area contributed by atoms with Crippen LogP contribution in [0.25, 0.3) is 0 Å². The Morgan fingerprint density at radius 1 is 1.06 bits per heavy atom. The van der Waals surface area contributed by atoms with Crippen LogP contribution < -0.4 is 10.6 Å². The zero-order valence-corrected chi connectivity index (χ0v) is 19.6. The summed E-state index contributed by atoms with van der Waals surface area (Å²) in [6.07, 6.45) is 9.13. The van der Waals surface area contributed by atoms with Crippen LogP contribution in [-0.4, -0.2) is 57.8 Å². The molecule has 0 bridgehead atoms. The van der Waals surface area contributed by atoms with Crippen LogP contribution in [0.3, 0.4) is 0 Å². The van der Waals surface area contributed by atoms with Gasteiger partial charge in [-0.25, -0.2) is 0 Å². The minimum Gasteiger partial charge on any atom is -0.357 e. The van der Waals surface area contributed by atoms with Crippen LogP contribution in [0.15, 0.2) is 35.3 Å². The average Bonchev–Trinajstić information content (AvgIpc) is 3.04. The van der Waals surface area contributed by atoms with Crippen molar-refractivity contribution in [3.63, 3.8) is 0 Å². The highest BCUT2D eigenvalue weighted by Gasteiger charge is 2.20. The van der Waals surface area contributed by atoms with E-state index in [0.717, 1.165) is 83.2 Å². The molecule has 0 radical (unpaired) electrons. The van der Waals surface area contributed by atoms with Gasteiger partial charge in [-0.1, -0.05) is 36.8 Å². The first kappa shape index (κ1) is 22.8. The van der Waals surface area contributed by atoms with Crippen molar-refractivity contribution in [1.82, 2.24) is 30.3 Å². The Kier molecular flexibility index (Phi) is 8.54. The number of aliphatic imine (C=N–C) groups is 1. The Labute approximate surface area is 192 Å². The molecule has 7 nitrogen and oxygen atoms in total. The summed E-state index contributed by atoms with van der Waals surface area (Å²) in [4.78, 5) is 7.40. The van der Waals surface area contributed by atoms with Crippen LogP contribution in [0.2, 0.25) is 0 Å². The predicted octanol–water partition coefficient (Wildman–Crippen LogP) is 3.16. The number of guanidine groups is 1. The van der Waals surface area contributed by atoms with Gasteiger partial charge < -0.3 is 15.2 Å². The van der Waals surface area contributed by atoms with Crippen LogP contribution >= 0.6 is 0 Å². The van der Waals surface area contributed by atoms with Gasteiger partial charge >= 0.3 is 0 Å². The SMILES string of the molecule is CCNC(=NCCCc1nnc2n1CCCCC2)NC1CCN(Cc2ccccc2)CC1. The molecule has 32 heavy (non-hydrogen) atoms. The number of hydrogen-bond donors (Lipinski definition) is 2. The summed E-state index contributed by atoms with van der Waals surface area (Å²) in [6, 6.07) is 11.3. The van der Waals surface area contributed by atoms with Crippen LogP contribution in [0, 0.1) is 0 Å². The summed E-state index contributed by atoms with van der Waals surface area (Å²) >= 11 is 0. The number of aromatic nitrogens is 3. The molecule has 0 saturated carbocycles. The number of benzene rings is 1. The molecule has 2 aliphatic heterocycles. The second-order valence-corrected chi connectivity index (χ2v) is 9.04. The molecule has 174 valence electrons. The molecule has 1 aromatic heterocycles. The maximum Gasteiger partial charge on any atom is 0.191 e. The summed E-state index contributed by atoms with van der Waals surface area (Å²) in [5.74, 6) is 3.27. The minimum absolute atomic E-state index is 0.493. The van der Waals surface area contributed by atoms with Gasteiger partial charge in [0.05, 0.1) is 0 Å². The van der Waals surface area contributed by atoms with E-state index in [4.69, 9.17) is 4.99 Å². The molecule has 1 saturated heterocycles. The topological polar surface area (TPSA) is 70.4 Å². The number of nitrogens with zero attached hydrogens (tertiary/aromatic N) is 5. The number of piperidine rings is 1. The number of hydrogen-bond acceptors (Lipinski definition) is 4. The van der Waals surface area contributed by atoms with Gasteiger partial charge in [0.25, 0.3) is 0 Å². The lowest BCUT2D eigenvalue weighted by molar-refractivity contribution is 0.198. The zero-order chi connectivity index (χ0) is 22.0. The molecule has 3 heterocycles. The molecule has 1 aromatic carbocycles. The molecule has 0 spiro atoms. The van der Waals surface area contributed by atoms with Gasteiger partial charge in [0.15, 0.2) is 5.96 Å². The third-order valence-electron chi connectivity index (χ3n) is 6.54. The maximum absolute atomic E-state index is 4.85. The van der Waals surface area contributed by atoms with Crippen molar-refractivity contribution < 1.29 is 0 Å². The minimum atomic E-state index is 0.493. The highest BCUT2D eigenvalue weighted by atomic mass is 15.3. The van der Waals surface area contributed by atoms with Gasteiger partial charge in [0.1, 0.15) is 11.6 Å². The van der Waals surface area contributed by atoms with Crippen molar-refractivity contribution >= 4 is 5.96 Å². The summed E-state index contributed by atoms with van der Waals surface area (Å²) in [5, 5.41) is 16.0. The van der Waals surface area contributed by atoms with Crippen molar-refractivity contribution in [2.75, 3.05) is 26.2 Å². The van der Waals surface area contributed by atoms with E-state index in [9.17, 15) is 0 Å². The van der Waals surface area contributed by atoms with E-state index in [1.165, 1.54) is 30.7 Å². The largest absolute Gasteiger partial charge is 0.357 e. The van der Waals surface area contributed by atoms with Crippen molar-refractivity contribution in [3.05, 3.63) is 47.5 Å². The molecular formula is C25H39N7. The number of fused-ring (bicyclic) bond motifs is 1. The molecule has 0 atom stereocenters. The monoisotopic (exact) mass is 437 g/mol. The van der Waals surface area contributed by atoms with E-state index < -0.39 is 0 Å². The molecule has 4 rings (SSSR count). The third kappa shape index (κ3) is 6.55. The molecule has 2 N–H and O–H groups in total. The van der Waals surface area contributed by atoms with Crippen molar-refractivity contribution in [2.24, 2.45) is 4.99 Å². The fourth-order valence-electron chi connectivity index (χ4n) is 4.75. The zero-order valence-electron chi connectivity index (χ0n) is 19.6. The smallest absolute Gasteiger partial charge is 0.191 e. The average molecular weight is 438 g/mol. The van der Waals surface area contributed by atoms with E-state index in [1.807, 2.05) is 0 Å². The highest BCUT2D eigenvalue weighted by molar-refractivity contribution is 5.80. The van der Waals surface area contributed by atoms with Crippen molar-refractivity contribution in [3.8, 4) is 0 Å². The molecule has 1 fully saturated rings. The van der Waals surface area contributed by atoms with Crippen LogP contribution in [-0.2, 0) is 25.9 Å². The van der Waals surface area contributed by atoms with Crippen LogP contribution in [0.1, 0.15) is 62.7 Å². The fraction of sp³-hybridized carbons (Fsp3) is 0.640. The van der Waals surface area contributed by atoms with Gasteiger partial charge in [-0.15, -0.1) is 10.2 Å². The van der Waals surface area contributed by atoms with E-state index in [1.54, 1.807) is 0 Å². The first-order valence-electron chi connectivity index (χ1n) is 12.5. The Morgan fingerprint density at radius 2 is 1.91 bits per heavy atom. The number of rotatable bonds is 8. The van der Waals surface area contributed by atoms with Crippen molar-refractivity contribution in [2.45, 2.75) is 77.4 Å². The van der Waals surface area contributed by atoms with Crippen molar-refractivity contribution in [1.29, 1.82) is 0 Å². The van der Waals surface area contributed by atoms with Gasteiger partial charge in [-0.2, -0.15) is 0 Å². The van der Waals surface area contributed by atoms with E-state index in [2.05, 4.69) is 67.6 Å². The number of likely N-dealkylation sites (tertiary alicyclic amines) is 1. The number of aryl methyl sites for hydroxylation is 2. The van der Waals surface area contributed by atoms with Gasteiger partial charge in [-0.05, 0) is 44.6 Å². The second kappa shape index (κ2) is 12.0. The Hall–Kier alpha value is -2.41. The summed E-state index contributed by atoms with van der Waals surface area (Å²) < 4.78 is 2.35. The summed E-state index contributed by atoms with van der Waals surface area (Å²) in [7, 11) is 0. The first-order valence-corrected chi connectivity index (χ1v) is 12.5. The second-order valence-electron chi connectivity index (χ2n) is 9.04. The first-order chi connectivity index (χ1) is 15.8. The summed E-state index contributed by atoms with van der Waals surface area (Å²) in [6.45, 7) is 8.21. The lowest BCUT2D eigenvalue weighted by atomic mass is 10.0. The standard InChI is InChI=1S/C25H39N7/c1-2-26-25(27-16-9-13-24-30-29-23-12-7-4-8-17-32(23)24)28-22-14-18-31(19-15-22)20-21-10-5-3-6-11-21/h3,5-6,10-11,22H,2,4,7-9,12-20H2,1H3,(H2,26,27,28). The molecule has 7 heteroatoms. The Morgan fingerprint density at radius 3 is 2.72 bits per heavy atom. The van der Waals surface area contributed by atoms with Gasteiger partial charge in [0.2, 0.25) is 0 Å².